The summed E-state index contributed by atoms with van der Waals surface area (Å²) >= 11 is 0. The maximum absolute atomic E-state index is 13.5. The SMILES string of the molecule is OC1c2c(C(F)(F)F)cn(-c3ccco3)c2CC1(F)F. The number of fused-ring (bicyclic) bond motifs is 1. The van der Waals surface area contributed by atoms with Crippen LogP contribution in [-0.4, -0.2) is 15.6 Å². The van der Waals surface area contributed by atoms with Gasteiger partial charge in [-0.05, 0) is 6.07 Å². The second-order valence-corrected chi connectivity index (χ2v) is 4.56. The van der Waals surface area contributed by atoms with Crippen LogP contribution in [0.3, 0.4) is 0 Å². The van der Waals surface area contributed by atoms with Crippen LogP contribution < -0.4 is 0 Å². The van der Waals surface area contributed by atoms with E-state index in [0.717, 1.165) is 4.57 Å². The van der Waals surface area contributed by atoms with Gasteiger partial charge in [0.15, 0.2) is 0 Å². The zero-order chi connectivity index (χ0) is 14.7. The number of aliphatic hydroxyl groups excluding tert-OH is 1. The van der Waals surface area contributed by atoms with E-state index in [2.05, 4.69) is 0 Å². The van der Waals surface area contributed by atoms with Crippen LogP contribution in [0.1, 0.15) is 22.9 Å². The van der Waals surface area contributed by atoms with Crippen LogP contribution in [0, 0.1) is 0 Å². The molecule has 1 unspecified atom stereocenters. The standard InChI is InChI=1S/C12H8F5NO2/c13-11(14)4-7-9(10(11)19)6(12(15,16)17)5-18(7)8-2-1-3-20-8/h1-3,5,10,19H,4H2. The molecule has 2 aromatic rings. The van der Waals surface area contributed by atoms with Gasteiger partial charge in [-0.1, -0.05) is 0 Å². The molecule has 0 saturated carbocycles. The fourth-order valence-corrected chi connectivity index (χ4v) is 2.41. The number of hydrogen-bond donors (Lipinski definition) is 1. The minimum atomic E-state index is -4.83. The molecule has 0 radical (unpaired) electrons. The van der Waals surface area contributed by atoms with E-state index in [1.54, 1.807) is 0 Å². The number of furan rings is 1. The molecule has 0 aromatic carbocycles. The molecule has 2 aromatic heterocycles. The lowest BCUT2D eigenvalue weighted by molar-refractivity contribution is -0.142. The Balaban J connectivity index is 2.25. The molecule has 8 heteroatoms. The summed E-state index contributed by atoms with van der Waals surface area (Å²) in [6.07, 6.45) is -6.38. The van der Waals surface area contributed by atoms with Crippen LogP contribution in [0.2, 0.25) is 0 Å². The molecule has 1 N–H and O–H groups in total. The molecular formula is C12H8F5NO2. The van der Waals surface area contributed by atoms with Crippen molar-refractivity contribution in [2.75, 3.05) is 0 Å². The molecule has 1 aliphatic carbocycles. The molecule has 0 bridgehead atoms. The van der Waals surface area contributed by atoms with Crippen LogP contribution in [0.4, 0.5) is 22.0 Å². The van der Waals surface area contributed by atoms with Crippen LogP contribution in [0.15, 0.2) is 29.0 Å². The van der Waals surface area contributed by atoms with Crippen LogP contribution >= 0.6 is 0 Å². The van der Waals surface area contributed by atoms with Gasteiger partial charge in [0.2, 0.25) is 5.88 Å². The number of halogens is 5. The van der Waals surface area contributed by atoms with Crippen molar-refractivity contribution in [1.82, 2.24) is 4.57 Å². The zero-order valence-electron chi connectivity index (χ0n) is 9.79. The average molecular weight is 293 g/mol. The first-order valence-corrected chi connectivity index (χ1v) is 5.63. The number of nitrogens with zero attached hydrogens (tertiary/aromatic N) is 1. The van der Waals surface area contributed by atoms with E-state index in [4.69, 9.17) is 4.42 Å². The van der Waals surface area contributed by atoms with Gasteiger partial charge in [-0.3, -0.25) is 4.57 Å². The Morgan fingerprint density at radius 2 is 2.05 bits per heavy atom. The van der Waals surface area contributed by atoms with Crippen LogP contribution in [0.5, 0.6) is 0 Å². The molecule has 2 heterocycles. The Morgan fingerprint density at radius 1 is 1.35 bits per heavy atom. The van der Waals surface area contributed by atoms with Crippen molar-refractivity contribution in [2.24, 2.45) is 0 Å². The predicted octanol–water partition coefficient (Wildman–Crippen LogP) is 3.31. The Labute approximate surface area is 109 Å². The van der Waals surface area contributed by atoms with E-state index in [9.17, 15) is 27.1 Å². The summed E-state index contributed by atoms with van der Waals surface area (Å²) < 4.78 is 71.6. The van der Waals surface area contributed by atoms with Crippen molar-refractivity contribution in [3.63, 3.8) is 0 Å². The molecule has 0 amide bonds. The summed E-state index contributed by atoms with van der Waals surface area (Å²) in [5, 5.41) is 9.47. The first kappa shape index (κ1) is 13.2. The normalized spacial score (nSPS) is 21.2. The largest absolute Gasteiger partial charge is 0.448 e. The highest BCUT2D eigenvalue weighted by Gasteiger charge is 2.53. The summed E-state index contributed by atoms with van der Waals surface area (Å²) in [6, 6.07) is 2.78. The molecule has 20 heavy (non-hydrogen) atoms. The summed E-state index contributed by atoms with van der Waals surface area (Å²) in [4.78, 5) is 0. The third kappa shape index (κ3) is 1.75. The minimum Gasteiger partial charge on any atom is -0.448 e. The van der Waals surface area contributed by atoms with Crippen molar-refractivity contribution in [3.8, 4) is 5.88 Å². The van der Waals surface area contributed by atoms with E-state index in [1.165, 1.54) is 18.4 Å². The van der Waals surface area contributed by atoms with Crippen molar-refractivity contribution >= 4 is 0 Å². The topological polar surface area (TPSA) is 38.3 Å². The van der Waals surface area contributed by atoms with Gasteiger partial charge in [0.05, 0.1) is 18.2 Å². The Kier molecular flexibility index (Phi) is 2.53. The van der Waals surface area contributed by atoms with E-state index >= 15 is 0 Å². The summed E-state index contributed by atoms with van der Waals surface area (Å²) in [5.74, 6) is -3.64. The smallest absolute Gasteiger partial charge is 0.418 e. The van der Waals surface area contributed by atoms with E-state index in [-0.39, 0.29) is 11.6 Å². The Morgan fingerprint density at radius 3 is 2.60 bits per heavy atom. The third-order valence-electron chi connectivity index (χ3n) is 3.28. The van der Waals surface area contributed by atoms with Gasteiger partial charge in [0, 0.05) is 23.5 Å². The van der Waals surface area contributed by atoms with Crippen molar-refractivity contribution in [3.05, 3.63) is 41.4 Å². The second-order valence-electron chi connectivity index (χ2n) is 4.56. The molecule has 0 aliphatic heterocycles. The molecule has 1 aliphatic rings. The average Bonchev–Trinajstić information content (AvgIpc) is 2.96. The van der Waals surface area contributed by atoms with Gasteiger partial charge >= 0.3 is 6.18 Å². The van der Waals surface area contributed by atoms with E-state index in [0.29, 0.717) is 6.20 Å². The lowest BCUT2D eigenvalue weighted by Crippen LogP contribution is -2.23. The first-order chi connectivity index (χ1) is 9.22. The number of rotatable bonds is 1. The van der Waals surface area contributed by atoms with Crippen LogP contribution in [-0.2, 0) is 12.6 Å². The fourth-order valence-electron chi connectivity index (χ4n) is 2.41. The highest BCUT2D eigenvalue weighted by atomic mass is 19.4. The van der Waals surface area contributed by atoms with Gasteiger partial charge in [0.1, 0.15) is 6.10 Å². The van der Waals surface area contributed by atoms with Gasteiger partial charge in [-0.25, -0.2) is 8.78 Å². The Hall–Kier alpha value is -1.83. The molecular weight excluding hydrogens is 285 g/mol. The van der Waals surface area contributed by atoms with Gasteiger partial charge < -0.3 is 9.52 Å². The number of aromatic nitrogens is 1. The minimum absolute atomic E-state index is 0.0124. The Bertz CT molecular complexity index is 642. The maximum Gasteiger partial charge on any atom is 0.418 e. The quantitative estimate of drug-likeness (QED) is 0.819. The summed E-state index contributed by atoms with van der Waals surface area (Å²) in [7, 11) is 0. The molecule has 3 rings (SSSR count). The van der Waals surface area contributed by atoms with Gasteiger partial charge in [0.25, 0.3) is 5.92 Å². The lowest BCUT2D eigenvalue weighted by Gasteiger charge is -2.16. The summed E-state index contributed by atoms with van der Waals surface area (Å²) in [5.41, 5.74) is -2.34. The number of alkyl halides is 5. The number of hydrogen-bond acceptors (Lipinski definition) is 2. The molecule has 0 saturated heterocycles. The second kappa shape index (κ2) is 3.85. The zero-order valence-corrected chi connectivity index (χ0v) is 9.79. The fraction of sp³-hybridized carbons (Fsp3) is 0.333. The maximum atomic E-state index is 13.5. The van der Waals surface area contributed by atoms with Crippen molar-refractivity contribution in [2.45, 2.75) is 24.6 Å². The lowest BCUT2D eigenvalue weighted by atomic mass is 10.1. The summed E-state index contributed by atoms with van der Waals surface area (Å²) in [6.45, 7) is 0. The molecule has 0 spiro atoms. The van der Waals surface area contributed by atoms with Gasteiger partial charge in [-0.2, -0.15) is 13.2 Å². The number of aliphatic hydroxyl groups is 1. The first-order valence-electron chi connectivity index (χ1n) is 5.63. The molecule has 1 atom stereocenters. The third-order valence-corrected chi connectivity index (χ3v) is 3.28. The highest BCUT2D eigenvalue weighted by Crippen LogP contribution is 2.49. The molecule has 3 nitrogen and oxygen atoms in total. The van der Waals surface area contributed by atoms with Crippen molar-refractivity contribution < 1.29 is 31.5 Å². The van der Waals surface area contributed by atoms with Crippen LogP contribution in [0.25, 0.3) is 5.88 Å². The molecule has 0 fully saturated rings. The van der Waals surface area contributed by atoms with E-state index in [1.807, 2.05) is 0 Å². The highest BCUT2D eigenvalue weighted by molar-refractivity contribution is 5.46. The monoisotopic (exact) mass is 293 g/mol. The van der Waals surface area contributed by atoms with Gasteiger partial charge in [-0.15, -0.1) is 0 Å². The van der Waals surface area contributed by atoms with E-state index < -0.39 is 35.8 Å². The van der Waals surface area contributed by atoms with Crippen molar-refractivity contribution in [1.29, 1.82) is 0 Å². The molecule has 108 valence electrons. The predicted molar refractivity (Wildman–Crippen MR) is 56.6 cm³/mol.